The van der Waals surface area contributed by atoms with Gasteiger partial charge in [0.1, 0.15) is 11.7 Å². The van der Waals surface area contributed by atoms with Crippen LogP contribution in [0.1, 0.15) is 60.5 Å². The number of hydrogen-bond acceptors (Lipinski definition) is 5. The fourth-order valence-corrected chi connectivity index (χ4v) is 5.24. The maximum Gasteiger partial charge on any atom is 0.276 e. The second-order valence-corrected chi connectivity index (χ2v) is 9.91. The van der Waals surface area contributed by atoms with Crippen molar-refractivity contribution >= 4 is 34.7 Å². The molecular weight excluding hydrogens is 430 g/mol. The fraction of sp³-hybridized carbons (Fsp3) is 0.609. The van der Waals surface area contributed by atoms with Crippen LogP contribution in [0.2, 0.25) is 5.15 Å². The summed E-state index contributed by atoms with van der Waals surface area (Å²) >= 11 is 6.66. The zero-order valence-corrected chi connectivity index (χ0v) is 19.4. The average Bonchev–Trinajstić information content (AvgIpc) is 3.57. The van der Waals surface area contributed by atoms with E-state index in [0.29, 0.717) is 29.8 Å². The van der Waals surface area contributed by atoms with Gasteiger partial charge >= 0.3 is 0 Å². The van der Waals surface area contributed by atoms with Gasteiger partial charge in [0.15, 0.2) is 11.3 Å². The van der Waals surface area contributed by atoms with Gasteiger partial charge in [0, 0.05) is 39.4 Å². The molecule has 0 aromatic carbocycles. The Morgan fingerprint density at radius 1 is 1.16 bits per heavy atom. The number of aliphatic hydroxyl groups excluding tert-OH is 1. The van der Waals surface area contributed by atoms with Crippen molar-refractivity contribution in [2.45, 2.75) is 56.6 Å². The Hall–Kier alpha value is -2.32. The van der Waals surface area contributed by atoms with Gasteiger partial charge in [0.05, 0.1) is 11.8 Å². The van der Waals surface area contributed by atoms with Crippen LogP contribution >= 0.6 is 11.6 Å². The summed E-state index contributed by atoms with van der Waals surface area (Å²) in [5.41, 5.74) is 2.99. The number of pyridine rings is 1. The minimum absolute atomic E-state index is 0.0376. The zero-order chi connectivity index (χ0) is 22.6. The third-order valence-electron chi connectivity index (χ3n) is 7.05. The lowest BCUT2D eigenvalue weighted by Crippen LogP contribution is -2.56. The molecule has 1 N–H and O–H groups in total. The van der Waals surface area contributed by atoms with Crippen LogP contribution in [0.4, 0.5) is 5.69 Å². The summed E-state index contributed by atoms with van der Waals surface area (Å²) in [6.45, 7) is 1.00. The molecule has 3 fully saturated rings. The van der Waals surface area contributed by atoms with Gasteiger partial charge in [0.25, 0.3) is 5.91 Å². The van der Waals surface area contributed by atoms with Crippen LogP contribution < -0.4 is 4.90 Å². The lowest BCUT2D eigenvalue weighted by atomic mass is 9.91. The topological polar surface area (TPSA) is 81.4 Å². The number of halogens is 1. The van der Waals surface area contributed by atoms with Crippen molar-refractivity contribution in [2.75, 3.05) is 38.6 Å². The average molecular weight is 460 g/mol. The summed E-state index contributed by atoms with van der Waals surface area (Å²) in [6.07, 6.45) is 7.16. The van der Waals surface area contributed by atoms with Crippen LogP contribution in [0, 0.1) is 0 Å². The van der Waals surface area contributed by atoms with E-state index < -0.39 is 0 Å². The van der Waals surface area contributed by atoms with Crippen LogP contribution in [0.25, 0.3) is 5.65 Å². The van der Waals surface area contributed by atoms with Crippen molar-refractivity contribution < 1.29 is 14.7 Å². The molecule has 172 valence electrons. The number of hydrogen-bond donors (Lipinski definition) is 1. The molecule has 0 atom stereocenters. The Labute approximate surface area is 192 Å². The van der Waals surface area contributed by atoms with Crippen molar-refractivity contribution in [3.05, 3.63) is 28.7 Å². The highest BCUT2D eigenvalue weighted by Crippen LogP contribution is 2.42. The van der Waals surface area contributed by atoms with Crippen LogP contribution in [-0.4, -0.2) is 82.0 Å². The Morgan fingerprint density at radius 3 is 2.50 bits per heavy atom. The van der Waals surface area contributed by atoms with Crippen LogP contribution in [0.5, 0.6) is 0 Å². The van der Waals surface area contributed by atoms with Gasteiger partial charge in [-0.05, 0) is 56.1 Å². The zero-order valence-electron chi connectivity index (χ0n) is 18.6. The van der Waals surface area contributed by atoms with E-state index in [1.807, 2.05) is 34.5 Å². The van der Waals surface area contributed by atoms with Crippen molar-refractivity contribution in [2.24, 2.45) is 0 Å². The van der Waals surface area contributed by atoms with E-state index in [1.165, 1.54) is 18.4 Å². The van der Waals surface area contributed by atoms with Crippen LogP contribution in [0.15, 0.2) is 12.3 Å². The summed E-state index contributed by atoms with van der Waals surface area (Å²) in [7, 11) is 3.91. The molecule has 0 radical (unpaired) electrons. The normalized spacial score (nSPS) is 24.3. The molecule has 0 bridgehead atoms. The number of imidazole rings is 1. The molecule has 1 aliphatic heterocycles. The molecule has 8 nitrogen and oxygen atoms in total. The quantitative estimate of drug-likeness (QED) is 0.759. The van der Waals surface area contributed by atoms with Crippen molar-refractivity contribution in [3.8, 4) is 0 Å². The highest BCUT2D eigenvalue weighted by molar-refractivity contribution is 6.33. The second-order valence-electron chi connectivity index (χ2n) is 9.55. The lowest BCUT2D eigenvalue weighted by Gasteiger charge is -2.41. The van der Waals surface area contributed by atoms with Gasteiger partial charge in [-0.3, -0.25) is 14.0 Å². The lowest BCUT2D eigenvalue weighted by molar-refractivity contribution is -0.138. The van der Waals surface area contributed by atoms with E-state index in [9.17, 15) is 14.7 Å². The fourth-order valence-electron chi connectivity index (χ4n) is 4.99. The first-order chi connectivity index (χ1) is 15.3. The van der Waals surface area contributed by atoms with Crippen molar-refractivity contribution in [3.63, 3.8) is 0 Å². The standard InChI is InChI=1S/C23H30ClN5O3/c1-26(2)18-11-15(14-3-4-14)12-29-21(24)20(25-22(18)29)23(32)27-9-10-28(19(31)13-27)16-5-7-17(30)8-6-16/h11-12,14,16-17,30H,3-10,13H2,1-2H3. The Morgan fingerprint density at radius 2 is 1.88 bits per heavy atom. The van der Waals surface area contributed by atoms with Crippen LogP contribution in [-0.2, 0) is 4.79 Å². The van der Waals surface area contributed by atoms with E-state index in [-0.39, 0.29) is 36.2 Å². The Bertz CT molecular complexity index is 1060. The number of aromatic nitrogens is 2. The van der Waals surface area contributed by atoms with E-state index in [2.05, 4.69) is 11.1 Å². The number of rotatable bonds is 4. The summed E-state index contributed by atoms with van der Waals surface area (Å²) in [4.78, 5) is 36.2. The molecule has 0 unspecified atom stereocenters. The molecule has 2 aromatic heterocycles. The SMILES string of the molecule is CN(C)c1cc(C2CC2)cn2c(Cl)c(C(=O)N3CCN(C4CCC(O)CC4)C(=O)C3)nc12. The molecule has 2 saturated carbocycles. The molecule has 2 aliphatic carbocycles. The van der Waals surface area contributed by atoms with Gasteiger partial charge in [-0.1, -0.05) is 11.6 Å². The van der Waals surface area contributed by atoms with Crippen molar-refractivity contribution in [1.29, 1.82) is 0 Å². The maximum absolute atomic E-state index is 13.3. The number of carbonyl (C=O) groups excluding carboxylic acids is 2. The monoisotopic (exact) mass is 459 g/mol. The highest BCUT2D eigenvalue weighted by Gasteiger charge is 2.35. The number of aliphatic hydroxyl groups is 1. The van der Waals surface area contributed by atoms with E-state index in [4.69, 9.17) is 11.6 Å². The number of piperazine rings is 1. The minimum Gasteiger partial charge on any atom is -0.393 e. The largest absolute Gasteiger partial charge is 0.393 e. The predicted molar refractivity (Wildman–Crippen MR) is 122 cm³/mol. The number of carbonyl (C=O) groups is 2. The molecule has 5 rings (SSSR count). The first kappa shape index (κ1) is 21.5. The Balaban J connectivity index is 1.38. The minimum atomic E-state index is -0.302. The van der Waals surface area contributed by atoms with Crippen LogP contribution in [0.3, 0.4) is 0 Å². The van der Waals surface area contributed by atoms with E-state index in [0.717, 1.165) is 31.4 Å². The van der Waals surface area contributed by atoms with Gasteiger partial charge in [-0.2, -0.15) is 0 Å². The molecule has 2 amide bonds. The molecule has 32 heavy (non-hydrogen) atoms. The summed E-state index contributed by atoms with van der Waals surface area (Å²) in [5.74, 6) is 0.196. The number of fused-ring (bicyclic) bond motifs is 1. The first-order valence-corrected chi connectivity index (χ1v) is 11.9. The number of anilines is 1. The molecule has 0 spiro atoms. The summed E-state index contributed by atoms with van der Waals surface area (Å²) in [5, 5.41) is 10.0. The molecular formula is C23H30ClN5O3. The van der Waals surface area contributed by atoms with Gasteiger partial charge in [0.2, 0.25) is 5.91 Å². The smallest absolute Gasteiger partial charge is 0.276 e. The number of amides is 2. The Kier molecular flexibility index (Phi) is 5.53. The molecule has 3 aliphatic rings. The number of nitrogens with zero attached hydrogens (tertiary/aromatic N) is 5. The molecule has 3 heterocycles. The van der Waals surface area contributed by atoms with E-state index in [1.54, 1.807) is 4.90 Å². The summed E-state index contributed by atoms with van der Waals surface area (Å²) < 4.78 is 1.81. The predicted octanol–water partition coefficient (Wildman–Crippen LogP) is 2.52. The van der Waals surface area contributed by atoms with Gasteiger partial charge in [-0.25, -0.2) is 4.98 Å². The maximum atomic E-state index is 13.3. The van der Waals surface area contributed by atoms with Crippen molar-refractivity contribution in [1.82, 2.24) is 19.2 Å². The van der Waals surface area contributed by atoms with Gasteiger partial charge < -0.3 is 19.8 Å². The first-order valence-electron chi connectivity index (χ1n) is 11.5. The highest BCUT2D eigenvalue weighted by atomic mass is 35.5. The van der Waals surface area contributed by atoms with E-state index >= 15 is 0 Å². The molecule has 1 saturated heterocycles. The third kappa shape index (κ3) is 3.83. The summed E-state index contributed by atoms with van der Waals surface area (Å²) in [6, 6.07) is 2.29. The molecule has 9 heteroatoms. The second kappa shape index (κ2) is 8.23. The van der Waals surface area contributed by atoms with Gasteiger partial charge in [-0.15, -0.1) is 0 Å². The third-order valence-corrected chi connectivity index (χ3v) is 7.41. The molecule has 2 aromatic rings.